The minimum atomic E-state index is -0.206. The molecule has 186 valence electrons. The lowest BCUT2D eigenvalue weighted by Gasteiger charge is -2.09. The highest BCUT2D eigenvalue weighted by Crippen LogP contribution is 2.33. The van der Waals surface area contributed by atoms with Crippen LogP contribution in [0.25, 0.3) is 22.6 Å². The summed E-state index contributed by atoms with van der Waals surface area (Å²) in [5.41, 5.74) is 4.66. The molecule has 2 heterocycles. The second-order valence-electron chi connectivity index (χ2n) is 8.38. The van der Waals surface area contributed by atoms with Gasteiger partial charge in [0.2, 0.25) is 0 Å². The van der Waals surface area contributed by atoms with Gasteiger partial charge in [-0.15, -0.1) is 0 Å². The lowest BCUT2D eigenvalue weighted by atomic mass is 10.1. The number of carbonyl (C=O) groups excluding carboxylic acids is 1. The van der Waals surface area contributed by atoms with Gasteiger partial charge in [0.1, 0.15) is 5.69 Å². The number of para-hydroxylation sites is 2. The first-order valence-corrected chi connectivity index (χ1v) is 11.9. The molecule has 37 heavy (non-hydrogen) atoms. The molecule has 0 unspecified atom stereocenters. The summed E-state index contributed by atoms with van der Waals surface area (Å²) < 4.78 is 14.4. The zero-order chi connectivity index (χ0) is 25.6. The van der Waals surface area contributed by atoms with Crippen LogP contribution in [0.5, 0.6) is 11.5 Å². The van der Waals surface area contributed by atoms with E-state index >= 15 is 0 Å². The molecule has 0 saturated heterocycles. The summed E-state index contributed by atoms with van der Waals surface area (Å²) in [6, 6.07) is 25.1. The van der Waals surface area contributed by atoms with Gasteiger partial charge in [-0.3, -0.25) is 4.79 Å². The van der Waals surface area contributed by atoms with Crippen LogP contribution < -0.4 is 14.8 Å². The number of hydrogen-bond donors (Lipinski definition) is 1. The molecule has 0 fully saturated rings. The molecule has 0 atom stereocenters. The Labute approximate surface area is 215 Å². The SMILES string of the molecule is COc1ccc(-c2nn(-c3ccccc3)cc2C(=O)NCCc2cnn(-c3ccccc3)c2)cc1OC. The van der Waals surface area contributed by atoms with Crippen molar-refractivity contribution in [1.29, 1.82) is 0 Å². The van der Waals surface area contributed by atoms with Crippen LogP contribution in [0.2, 0.25) is 0 Å². The van der Waals surface area contributed by atoms with Crippen molar-refractivity contribution < 1.29 is 14.3 Å². The number of nitrogens with zero attached hydrogens (tertiary/aromatic N) is 4. The van der Waals surface area contributed by atoms with E-state index in [1.165, 1.54) is 0 Å². The maximum absolute atomic E-state index is 13.3. The molecule has 0 aliphatic carbocycles. The molecule has 0 spiro atoms. The van der Waals surface area contributed by atoms with E-state index in [0.29, 0.717) is 35.7 Å². The van der Waals surface area contributed by atoms with Crippen molar-refractivity contribution >= 4 is 5.91 Å². The number of aromatic nitrogens is 4. The van der Waals surface area contributed by atoms with Crippen LogP contribution in [0.3, 0.4) is 0 Å². The van der Waals surface area contributed by atoms with E-state index in [9.17, 15) is 4.79 Å². The highest BCUT2D eigenvalue weighted by Gasteiger charge is 2.20. The molecule has 5 aromatic rings. The molecule has 0 aliphatic rings. The van der Waals surface area contributed by atoms with Gasteiger partial charge in [0, 0.05) is 24.5 Å². The molecule has 1 amide bonds. The average Bonchev–Trinajstić information content (AvgIpc) is 3.62. The molecule has 0 radical (unpaired) electrons. The quantitative estimate of drug-likeness (QED) is 0.321. The monoisotopic (exact) mass is 493 g/mol. The van der Waals surface area contributed by atoms with Crippen molar-refractivity contribution in [3.05, 3.63) is 109 Å². The zero-order valence-corrected chi connectivity index (χ0v) is 20.7. The van der Waals surface area contributed by atoms with Crippen LogP contribution in [0, 0.1) is 0 Å². The van der Waals surface area contributed by atoms with Crippen molar-refractivity contribution in [2.75, 3.05) is 20.8 Å². The van der Waals surface area contributed by atoms with Crippen molar-refractivity contribution in [3.8, 4) is 34.1 Å². The van der Waals surface area contributed by atoms with Gasteiger partial charge >= 0.3 is 0 Å². The fourth-order valence-electron chi connectivity index (χ4n) is 4.08. The van der Waals surface area contributed by atoms with E-state index in [1.807, 2.05) is 95.9 Å². The van der Waals surface area contributed by atoms with E-state index in [-0.39, 0.29) is 5.91 Å². The molecule has 0 bridgehead atoms. The molecule has 2 aromatic heterocycles. The first-order chi connectivity index (χ1) is 18.2. The lowest BCUT2D eigenvalue weighted by Crippen LogP contribution is -2.25. The first kappa shape index (κ1) is 23.9. The number of nitrogens with one attached hydrogen (secondary N) is 1. The minimum absolute atomic E-state index is 0.206. The van der Waals surface area contributed by atoms with Gasteiger partial charge in [0.15, 0.2) is 11.5 Å². The summed E-state index contributed by atoms with van der Waals surface area (Å²) in [6.45, 7) is 0.460. The molecular formula is C29H27N5O3. The summed E-state index contributed by atoms with van der Waals surface area (Å²) >= 11 is 0. The predicted octanol–water partition coefficient (Wildman–Crippen LogP) is 4.71. The number of carbonyl (C=O) groups is 1. The third-order valence-electron chi connectivity index (χ3n) is 5.99. The molecule has 8 heteroatoms. The number of hydrogen-bond acceptors (Lipinski definition) is 5. The predicted molar refractivity (Wildman–Crippen MR) is 142 cm³/mol. The van der Waals surface area contributed by atoms with Crippen molar-refractivity contribution in [3.63, 3.8) is 0 Å². The summed E-state index contributed by atoms with van der Waals surface area (Å²) in [4.78, 5) is 13.3. The van der Waals surface area contributed by atoms with Crippen LogP contribution in [-0.2, 0) is 6.42 Å². The molecule has 5 rings (SSSR count). The minimum Gasteiger partial charge on any atom is -0.493 e. The molecule has 3 aromatic carbocycles. The van der Waals surface area contributed by atoms with Gasteiger partial charge in [-0.2, -0.15) is 10.2 Å². The van der Waals surface area contributed by atoms with E-state index in [2.05, 4.69) is 10.4 Å². The topological polar surface area (TPSA) is 83.2 Å². The van der Waals surface area contributed by atoms with E-state index < -0.39 is 0 Å². The summed E-state index contributed by atoms with van der Waals surface area (Å²) in [7, 11) is 3.17. The normalized spacial score (nSPS) is 10.8. The van der Waals surface area contributed by atoms with E-state index in [4.69, 9.17) is 14.6 Å². The highest BCUT2D eigenvalue weighted by atomic mass is 16.5. The van der Waals surface area contributed by atoms with Crippen LogP contribution in [-0.4, -0.2) is 46.2 Å². The van der Waals surface area contributed by atoms with Gasteiger partial charge in [-0.25, -0.2) is 9.36 Å². The standard InChI is InChI=1S/C29H27N5O3/c1-36-26-14-13-22(17-27(26)37-2)28-25(20-34(32-28)24-11-7-4-8-12-24)29(35)30-16-15-21-18-31-33(19-21)23-9-5-3-6-10-23/h3-14,17-20H,15-16H2,1-2H3,(H,30,35). The van der Waals surface area contributed by atoms with Gasteiger partial charge in [-0.05, 0) is 54.4 Å². The second-order valence-corrected chi connectivity index (χ2v) is 8.38. The summed E-state index contributed by atoms with van der Waals surface area (Å²) in [6.07, 6.45) is 6.20. The van der Waals surface area contributed by atoms with Gasteiger partial charge < -0.3 is 14.8 Å². The Morgan fingerprint density at radius 3 is 2.19 bits per heavy atom. The third kappa shape index (κ3) is 5.23. The molecule has 0 saturated carbocycles. The Hall–Kier alpha value is -4.85. The Morgan fingerprint density at radius 2 is 1.51 bits per heavy atom. The van der Waals surface area contributed by atoms with Gasteiger partial charge in [-0.1, -0.05) is 36.4 Å². The van der Waals surface area contributed by atoms with E-state index in [1.54, 1.807) is 25.1 Å². The fraction of sp³-hybridized carbons (Fsp3) is 0.138. The second kappa shape index (κ2) is 10.8. The van der Waals surface area contributed by atoms with Crippen LogP contribution in [0.1, 0.15) is 15.9 Å². The zero-order valence-electron chi connectivity index (χ0n) is 20.7. The van der Waals surface area contributed by atoms with Crippen LogP contribution in [0.4, 0.5) is 0 Å². The van der Waals surface area contributed by atoms with E-state index in [0.717, 1.165) is 22.5 Å². The largest absolute Gasteiger partial charge is 0.493 e. The van der Waals surface area contributed by atoms with Gasteiger partial charge in [0.25, 0.3) is 5.91 Å². The fourth-order valence-corrected chi connectivity index (χ4v) is 4.08. The number of amides is 1. The molecule has 1 N–H and O–H groups in total. The number of rotatable bonds is 9. The smallest absolute Gasteiger partial charge is 0.255 e. The Bertz CT molecular complexity index is 1490. The Kier molecular flexibility index (Phi) is 6.98. The van der Waals surface area contributed by atoms with Gasteiger partial charge in [0.05, 0.1) is 37.4 Å². The summed E-state index contributed by atoms with van der Waals surface area (Å²) in [5.74, 6) is 0.967. The molecular weight excluding hydrogens is 466 g/mol. The highest BCUT2D eigenvalue weighted by molar-refractivity contribution is 6.00. The Morgan fingerprint density at radius 1 is 0.838 bits per heavy atom. The number of benzene rings is 3. The number of ether oxygens (including phenoxy) is 2. The Balaban J connectivity index is 1.37. The third-order valence-corrected chi connectivity index (χ3v) is 5.99. The lowest BCUT2D eigenvalue weighted by molar-refractivity contribution is 0.0954. The van der Waals surface area contributed by atoms with Crippen molar-refractivity contribution in [2.24, 2.45) is 0 Å². The van der Waals surface area contributed by atoms with Crippen LogP contribution in [0.15, 0.2) is 97.5 Å². The maximum atomic E-state index is 13.3. The molecule has 0 aliphatic heterocycles. The molecule has 8 nitrogen and oxygen atoms in total. The van der Waals surface area contributed by atoms with Crippen molar-refractivity contribution in [2.45, 2.75) is 6.42 Å². The van der Waals surface area contributed by atoms with Crippen LogP contribution >= 0.6 is 0 Å². The maximum Gasteiger partial charge on any atom is 0.255 e. The van der Waals surface area contributed by atoms with Crippen molar-refractivity contribution in [1.82, 2.24) is 24.9 Å². The first-order valence-electron chi connectivity index (χ1n) is 11.9. The average molecular weight is 494 g/mol. The number of methoxy groups -OCH3 is 2. The summed E-state index contributed by atoms with van der Waals surface area (Å²) in [5, 5.41) is 12.2.